The number of ether oxygens (including phenoxy) is 1. The van der Waals surface area contributed by atoms with Gasteiger partial charge in [0, 0.05) is 15.7 Å². The molecule has 0 bridgehead atoms. The van der Waals surface area contributed by atoms with Crippen LogP contribution in [0.25, 0.3) is 21.8 Å². The molecule has 0 aliphatic carbocycles. The van der Waals surface area contributed by atoms with Crippen molar-refractivity contribution in [1.29, 1.82) is 0 Å². The van der Waals surface area contributed by atoms with Crippen LogP contribution in [0.1, 0.15) is 6.92 Å². The zero-order chi connectivity index (χ0) is 13.2. The number of hydrogen-bond acceptors (Lipinski definition) is 3. The van der Waals surface area contributed by atoms with Crippen LogP contribution in [0.2, 0.25) is 0 Å². The molecular weight excluding hydrogens is 254 g/mol. The molecule has 1 heterocycles. The van der Waals surface area contributed by atoms with E-state index in [2.05, 4.69) is 31.2 Å². The number of benzene rings is 2. The fraction of sp³-hybridized carbons (Fsp3) is 0.188. The van der Waals surface area contributed by atoms with E-state index in [4.69, 9.17) is 9.72 Å². The number of thioether (sulfide) groups is 1. The van der Waals surface area contributed by atoms with Gasteiger partial charge in [-0.15, -0.1) is 11.8 Å². The molecule has 0 amide bonds. The second-order valence-electron chi connectivity index (χ2n) is 4.27. The Morgan fingerprint density at radius 1 is 1.05 bits per heavy atom. The Hall–Kier alpha value is -1.74. The molecule has 0 spiro atoms. The molecule has 3 rings (SSSR count). The summed E-state index contributed by atoms with van der Waals surface area (Å²) < 4.78 is 5.33. The minimum Gasteiger partial charge on any atom is -0.497 e. The molecule has 0 unspecified atom stereocenters. The van der Waals surface area contributed by atoms with Crippen molar-refractivity contribution in [1.82, 2.24) is 4.98 Å². The average molecular weight is 269 g/mol. The van der Waals surface area contributed by atoms with Crippen molar-refractivity contribution >= 4 is 33.6 Å². The van der Waals surface area contributed by atoms with Gasteiger partial charge in [0.05, 0.1) is 18.1 Å². The third-order valence-electron chi connectivity index (χ3n) is 3.13. The van der Waals surface area contributed by atoms with E-state index < -0.39 is 0 Å². The fourth-order valence-corrected chi connectivity index (χ4v) is 3.20. The van der Waals surface area contributed by atoms with E-state index in [1.807, 2.05) is 30.0 Å². The van der Waals surface area contributed by atoms with Gasteiger partial charge in [-0.2, -0.15) is 0 Å². The summed E-state index contributed by atoms with van der Waals surface area (Å²) in [4.78, 5) is 6.02. The van der Waals surface area contributed by atoms with Gasteiger partial charge in [0.2, 0.25) is 0 Å². The van der Waals surface area contributed by atoms with Gasteiger partial charge in [-0.25, -0.2) is 4.98 Å². The highest BCUT2D eigenvalue weighted by Crippen LogP contribution is 2.35. The maximum Gasteiger partial charge on any atom is 0.119 e. The van der Waals surface area contributed by atoms with Crippen LogP contribution in [-0.2, 0) is 0 Å². The van der Waals surface area contributed by atoms with Crippen LogP contribution in [0, 0.1) is 0 Å². The lowest BCUT2D eigenvalue weighted by molar-refractivity contribution is 0.415. The molecular formula is C16H15NOS. The average Bonchev–Trinajstić information content (AvgIpc) is 2.47. The minimum absolute atomic E-state index is 0.877. The summed E-state index contributed by atoms with van der Waals surface area (Å²) >= 11 is 1.86. The summed E-state index contributed by atoms with van der Waals surface area (Å²) in [7, 11) is 1.70. The predicted molar refractivity (Wildman–Crippen MR) is 82.2 cm³/mol. The molecule has 0 atom stereocenters. The van der Waals surface area contributed by atoms with Crippen LogP contribution in [-0.4, -0.2) is 17.8 Å². The molecule has 0 fully saturated rings. The molecule has 2 nitrogen and oxygen atoms in total. The first-order valence-corrected chi connectivity index (χ1v) is 7.31. The van der Waals surface area contributed by atoms with Gasteiger partial charge in [-0.1, -0.05) is 25.1 Å². The summed E-state index contributed by atoms with van der Waals surface area (Å²) in [5.74, 6) is 1.92. The van der Waals surface area contributed by atoms with Crippen molar-refractivity contribution in [2.24, 2.45) is 0 Å². The van der Waals surface area contributed by atoms with E-state index in [0.29, 0.717) is 0 Å². The first kappa shape index (κ1) is 12.3. The first-order valence-electron chi connectivity index (χ1n) is 6.32. The molecule has 0 saturated carbocycles. The van der Waals surface area contributed by atoms with Crippen molar-refractivity contribution in [2.45, 2.75) is 11.8 Å². The van der Waals surface area contributed by atoms with Crippen LogP contribution < -0.4 is 4.74 Å². The molecule has 0 aliphatic heterocycles. The molecule has 3 aromatic rings. The number of para-hydroxylation sites is 1. The number of rotatable bonds is 3. The van der Waals surface area contributed by atoms with Gasteiger partial charge in [-0.05, 0) is 30.0 Å². The number of hydrogen-bond donors (Lipinski definition) is 0. The van der Waals surface area contributed by atoms with Gasteiger partial charge in [0.15, 0.2) is 0 Å². The number of methoxy groups -OCH3 is 1. The van der Waals surface area contributed by atoms with Gasteiger partial charge in [0.1, 0.15) is 5.75 Å². The minimum atomic E-state index is 0.877. The molecule has 2 aromatic carbocycles. The molecule has 1 aromatic heterocycles. The monoisotopic (exact) mass is 269 g/mol. The van der Waals surface area contributed by atoms with E-state index in [1.165, 1.54) is 15.7 Å². The highest BCUT2D eigenvalue weighted by atomic mass is 32.2. The van der Waals surface area contributed by atoms with Crippen molar-refractivity contribution in [3.8, 4) is 5.75 Å². The Balaban J connectivity index is 2.41. The quantitative estimate of drug-likeness (QED) is 0.516. The van der Waals surface area contributed by atoms with Gasteiger partial charge in [0.25, 0.3) is 0 Å². The third kappa shape index (κ3) is 2.15. The summed E-state index contributed by atoms with van der Waals surface area (Å²) in [6, 6.07) is 14.4. The van der Waals surface area contributed by atoms with E-state index >= 15 is 0 Å². The lowest BCUT2D eigenvalue weighted by Crippen LogP contribution is -1.89. The molecule has 3 heteroatoms. The second kappa shape index (κ2) is 5.10. The largest absolute Gasteiger partial charge is 0.497 e. The van der Waals surface area contributed by atoms with Gasteiger partial charge in [-0.3, -0.25) is 0 Å². The second-order valence-corrected chi connectivity index (χ2v) is 5.55. The van der Waals surface area contributed by atoms with Crippen molar-refractivity contribution in [2.75, 3.05) is 12.9 Å². The topological polar surface area (TPSA) is 22.1 Å². The highest BCUT2D eigenvalue weighted by molar-refractivity contribution is 7.99. The molecule has 96 valence electrons. The fourth-order valence-electron chi connectivity index (χ4n) is 2.26. The lowest BCUT2D eigenvalue weighted by atomic mass is 10.1. The van der Waals surface area contributed by atoms with Gasteiger partial charge < -0.3 is 4.74 Å². The van der Waals surface area contributed by atoms with E-state index in [9.17, 15) is 0 Å². The van der Waals surface area contributed by atoms with Crippen LogP contribution in [0.4, 0.5) is 0 Å². The number of pyridine rings is 1. The molecule has 0 N–H and O–H groups in total. The van der Waals surface area contributed by atoms with Crippen LogP contribution in [0.15, 0.2) is 47.4 Å². The summed E-state index contributed by atoms with van der Waals surface area (Å²) in [5.41, 5.74) is 2.08. The standard InChI is InChI=1S/C16H15NOS/c1-3-19-16-12-6-4-5-7-14(12)17-15-9-8-11(18-2)10-13(15)16/h4-10H,3H2,1-2H3. The SMILES string of the molecule is CCSc1c2ccccc2nc2ccc(OC)cc12. The Morgan fingerprint density at radius 2 is 1.84 bits per heavy atom. The maximum absolute atomic E-state index is 5.33. The lowest BCUT2D eigenvalue weighted by Gasteiger charge is -2.10. The predicted octanol–water partition coefficient (Wildman–Crippen LogP) is 4.51. The highest BCUT2D eigenvalue weighted by Gasteiger charge is 2.09. The van der Waals surface area contributed by atoms with Crippen LogP contribution in [0.3, 0.4) is 0 Å². The number of fused-ring (bicyclic) bond motifs is 2. The molecule has 0 aliphatic rings. The summed E-state index contributed by atoms with van der Waals surface area (Å²) in [6.45, 7) is 2.17. The Bertz CT molecular complexity index is 739. The van der Waals surface area contributed by atoms with Crippen LogP contribution >= 0.6 is 11.8 Å². The van der Waals surface area contributed by atoms with E-state index in [1.54, 1.807) is 7.11 Å². The number of aromatic nitrogens is 1. The third-order valence-corrected chi connectivity index (χ3v) is 4.14. The Kier molecular flexibility index (Phi) is 3.30. The first-order chi connectivity index (χ1) is 9.33. The molecule has 0 saturated heterocycles. The van der Waals surface area contributed by atoms with E-state index in [0.717, 1.165) is 22.5 Å². The Morgan fingerprint density at radius 3 is 2.63 bits per heavy atom. The zero-order valence-corrected chi connectivity index (χ0v) is 11.8. The molecule has 19 heavy (non-hydrogen) atoms. The van der Waals surface area contributed by atoms with Crippen LogP contribution in [0.5, 0.6) is 5.75 Å². The summed E-state index contributed by atoms with van der Waals surface area (Å²) in [6.07, 6.45) is 0. The van der Waals surface area contributed by atoms with Gasteiger partial charge >= 0.3 is 0 Å². The molecule has 0 radical (unpaired) electrons. The van der Waals surface area contributed by atoms with Crippen molar-refractivity contribution in [3.05, 3.63) is 42.5 Å². The summed E-state index contributed by atoms with van der Waals surface area (Å²) in [5, 5.41) is 2.39. The van der Waals surface area contributed by atoms with E-state index in [-0.39, 0.29) is 0 Å². The smallest absolute Gasteiger partial charge is 0.119 e. The Labute approximate surface area is 116 Å². The van der Waals surface area contributed by atoms with Crippen molar-refractivity contribution in [3.63, 3.8) is 0 Å². The maximum atomic E-state index is 5.33. The van der Waals surface area contributed by atoms with Crippen molar-refractivity contribution < 1.29 is 4.74 Å². The zero-order valence-electron chi connectivity index (χ0n) is 11.0. The number of nitrogens with zero attached hydrogens (tertiary/aromatic N) is 1. The normalized spacial score (nSPS) is 11.1.